The van der Waals surface area contributed by atoms with E-state index < -0.39 is 0 Å². The molecule has 0 unspecified atom stereocenters. The second-order valence-electron chi connectivity index (χ2n) is 2.86. The number of nitriles is 1. The summed E-state index contributed by atoms with van der Waals surface area (Å²) in [5, 5.41) is 16.0. The van der Waals surface area contributed by atoms with E-state index in [2.05, 4.69) is 26.2 Å². The van der Waals surface area contributed by atoms with E-state index >= 15 is 0 Å². The van der Waals surface area contributed by atoms with Crippen LogP contribution in [0.5, 0.6) is 0 Å². The van der Waals surface area contributed by atoms with E-state index in [4.69, 9.17) is 9.68 Å². The van der Waals surface area contributed by atoms with E-state index in [9.17, 15) is 4.79 Å². The summed E-state index contributed by atoms with van der Waals surface area (Å²) in [6.45, 7) is 0.00842. The van der Waals surface area contributed by atoms with Crippen molar-refractivity contribution in [3.63, 3.8) is 0 Å². The van der Waals surface area contributed by atoms with Crippen molar-refractivity contribution in [3.05, 3.63) is 22.5 Å². The Morgan fingerprint density at radius 2 is 2.44 bits per heavy atom. The third-order valence-corrected chi connectivity index (χ3v) is 2.33. The third kappa shape index (κ3) is 1.75. The fourth-order valence-electron chi connectivity index (χ4n) is 1.28. The Morgan fingerprint density at radius 1 is 1.62 bits per heavy atom. The summed E-state index contributed by atoms with van der Waals surface area (Å²) in [7, 11) is 0. The molecule has 7 heteroatoms. The van der Waals surface area contributed by atoms with E-state index in [0.29, 0.717) is 22.4 Å². The summed E-state index contributed by atoms with van der Waals surface area (Å²) in [5.41, 5.74) is 0.555. The summed E-state index contributed by atoms with van der Waals surface area (Å²) < 4.78 is 7.15. The van der Waals surface area contributed by atoms with Gasteiger partial charge in [0.2, 0.25) is 0 Å². The van der Waals surface area contributed by atoms with E-state index in [1.54, 1.807) is 12.1 Å². The molecule has 0 fully saturated rings. The van der Waals surface area contributed by atoms with Gasteiger partial charge in [-0.25, -0.2) is 4.68 Å². The van der Waals surface area contributed by atoms with E-state index in [-0.39, 0.29) is 12.2 Å². The zero-order valence-electron chi connectivity index (χ0n) is 7.92. The van der Waals surface area contributed by atoms with Gasteiger partial charge < -0.3 is 4.42 Å². The molecule has 2 aromatic heterocycles. The van der Waals surface area contributed by atoms with Gasteiger partial charge in [-0.2, -0.15) is 5.26 Å². The first-order valence-electron chi connectivity index (χ1n) is 4.27. The molecular formula is C9H5BrN4O2. The average Bonchev–Trinajstić information content (AvgIpc) is 2.85. The highest BCUT2D eigenvalue weighted by molar-refractivity contribution is 9.10. The minimum atomic E-state index is 0.00842. The maximum absolute atomic E-state index is 10.8. The van der Waals surface area contributed by atoms with Crippen LogP contribution in [0.15, 0.2) is 21.2 Å². The van der Waals surface area contributed by atoms with Crippen LogP contribution >= 0.6 is 15.9 Å². The number of hydrogen-bond donors (Lipinski definition) is 0. The Kier molecular flexibility index (Phi) is 2.83. The Hall–Kier alpha value is -1.94. The van der Waals surface area contributed by atoms with Crippen molar-refractivity contribution in [1.82, 2.24) is 15.0 Å². The van der Waals surface area contributed by atoms with Crippen molar-refractivity contribution in [2.24, 2.45) is 0 Å². The highest BCUT2D eigenvalue weighted by atomic mass is 79.9. The summed E-state index contributed by atoms with van der Waals surface area (Å²) in [5.74, 6) is 0.439. The largest absolute Gasteiger partial charge is 0.448 e. The lowest BCUT2D eigenvalue weighted by Crippen LogP contribution is -2.00. The monoisotopic (exact) mass is 280 g/mol. The van der Waals surface area contributed by atoms with Gasteiger partial charge in [0.05, 0.1) is 6.07 Å². The Labute approximate surface area is 98.6 Å². The van der Waals surface area contributed by atoms with Crippen LogP contribution < -0.4 is 0 Å². The molecule has 0 bridgehead atoms. The summed E-state index contributed by atoms with van der Waals surface area (Å²) >= 11 is 3.16. The fraction of sp³-hybridized carbons (Fsp3) is 0.111. The number of rotatable bonds is 3. The predicted molar refractivity (Wildman–Crippen MR) is 56.4 cm³/mol. The van der Waals surface area contributed by atoms with Crippen molar-refractivity contribution >= 4 is 22.2 Å². The van der Waals surface area contributed by atoms with Gasteiger partial charge in [0.25, 0.3) is 0 Å². The van der Waals surface area contributed by atoms with Crippen molar-refractivity contribution in [2.75, 3.05) is 0 Å². The molecule has 0 saturated heterocycles. The first-order valence-corrected chi connectivity index (χ1v) is 5.07. The molecule has 0 spiro atoms. The lowest BCUT2D eigenvalue weighted by Gasteiger charge is -1.98. The second kappa shape index (κ2) is 4.28. The highest BCUT2D eigenvalue weighted by Gasteiger charge is 2.17. The molecule has 80 valence electrons. The number of aromatic nitrogens is 3. The quantitative estimate of drug-likeness (QED) is 0.798. The van der Waals surface area contributed by atoms with Crippen LogP contribution in [0.25, 0.3) is 11.5 Å². The zero-order chi connectivity index (χ0) is 11.5. The molecule has 0 aliphatic heterocycles. The molecule has 0 radical (unpaired) electrons. The molecule has 2 aromatic rings. The first kappa shape index (κ1) is 10.6. The minimum Gasteiger partial charge on any atom is -0.448 e. The smallest absolute Gasteiger partial charge is 0.172 e. The Balaban J connectivity index is 2.56. The van der Waals surface area contributed by atoms with Crippen LogP contribution in [0.2, 0.25) is 0 Å². The van der Waals surface area contributed by atoms with Gasteiger partial charge in [-0.3, -0.25) is 4.79 Å². The van der Waals surface area contributed by atoms with E-state index in [1.165, 1.54) is 4.68 Å². The molecular weight excluding hydrogens is 276 g/mol. The summed E-state index contributed by atoms with van der Waals surface area (Å²) in [6.07, 6.45) is 0.576. The van der Waals surface area contributed by atoms with Gasteiger partial charge in [-0.15, -0.1) is 5.10 Å². The number of hydrogen-bond acceptors (Lipinski definition) is 5. The molecule has 2 rings (SSSR count). The van der Waals surface area contributed by atoms with Crippen LogP contribution in [0.4, 0.5) is 0 Å². The molecule has 2 heterocycles. The van der Waals surface area contributed by atoms with Gasteiger partial charge in [0.1, 0.15) is 12.2 Å². The molecule has 0 atom stereocenters. The van der Waals surface area contributed by atoms with Crippen LogP contribution in [-0.4, -0.2) is 21.3 Å². The lowest BCUT2D eigenvalue weighted by atomic mass is 10.2. The fourth-order valence-corrected chi connectivity index (χ4v) is 1.59. The van der Waals surface area contributed by atoms with Gasteiger partial charge in [0, 0.05) is 0 Å². The standard InChI is InChI=1S/C9H5BrN4O2/c10-8-2-1-7(16-8)9-6(5-15)12-13-14(9)4-3-11/h1-2,5H,4H2. The maximum Gasteiger partial charge on any atom is 0.172 e. The number of nitrogens with zero attached hydrogens (tertiary/aromatic N) is 4. The number of aldehydes is 1. The average molecular weight is 281 g/mol. The molecule has 6 nitrogen and oxygen atoms in total. The maximum atomic E-state index is 10.8. The normalized spacial score (nSPS) is 10.0. The van der Waals surface area contributed by atoms with Crippen molar-refractivity contribution < 1.29 is 9.21 Å². The molecule has 0 amide bonds. The molecule has 0 aromatic carbocycles. The number of furan rings is 1. The first-order chi connectivity index (χ1) is 7.76. The summed E-state index contributed by atoms with van der Waals surface area (Å²) in [4.78, 5) is 10.8. The van der Waals surface area contributed by atoms with Crippen LogP contribution in [0.3, 0.4) is 0 Å². The Bertz CT molecular complexity index is 566. The van der Waals surface area contributed by atoms with Crippen LogP contribution in [-0.2, 0) is 6.54 Å². The lowest BCUT2D eigenvalue weighted by molar-refractivity contribution is 0.111. The number of halogens is 1. The molecule has 0 saturated carbocycles. The minimum absolute atomic E-state index is 0.00842. The van der Waals surface area contributed by atoms with Crippen molar-refractivity contribution in [2.45, 2.75) is 6.54 Å². The van der Waals surface area contributed by atoms with Crippen molar-refractivity contribution in [1.29, 1.82) is 5.26 Å². The molecule has 0 N–H and O–H groups in total. The molecule has 0 aliphatic carbocycles. The highest BCUT2D eigenvalue weighted by Crippen LogP contribution is 2.26. The SMILES string of the molecule is N#CCn1nnc(C=O)c1-c1ccc(Br)o1. The van der Waals surface area contributed by atoms with Crippen LogP contribution in [0.1, 0.15) is 10.5 Å². The molecule has 0 aliphatic rings. The Morgan fingerprint density at radius 3 is 3.00 bits per heavy atom. The number of carbonyl (C=O) groups is 1. The third-order valence-electron chi connectivity index (χ3n) is 1.90. The second-order valence-corrected chi connectivity index (χ2v) is 3.64. The summed E-state index contributed by atoms with van der Waals surface area (Å²) in [6, 6.07) is 5.29. The zero-order valence-corrected chi connectivity index (χ0v) is 9.51. The van der Waals surface area contributed by atoms with Gasteiger partial charge in [0.15, 0.2) is 22.4 Å². The van der Waals surface area contributed by atoms with Crippen LogP contribution in [0, 0.1) is 11.3 Å². The van der Waals surface area contributed by atoms with Gasteiger partial charge in [-0.05, 0) is 28.1 Å². The predicted octanol–water partition coefficient (Wildman–Crippen LogP) is 1.64. The molecule has 16 heavy (non-hydrogen) atoms. The van der Waals surface area contributed by atoms with Gasteiger partial charge >= 0.3 is 0 Å². The van der Waals surface area contributed by atoms with Crippen molar-refractivity contribution in [3.8, 4) is 17.5 Å². The van der Waals surface area contributed by atoms with Gasteiger partial charge in [-0.1, -0.05) is 5.21 Å². The topological polar surface area (TPSA) is 84.7 Å². The van der Waals surface area contributed by atoms with E-state index in [1.807, 2.05) is 6.07 Å². The van der Waals surface area contributed by atoms with E-state index in [0.717, 1.165) is 0 Å². The number of carbonyl (C=O) groups excluding carboxylic acids is 1.